The molecule has 0 aliphatic carbocycles. The Morgan fingerprint density at radius 3 is 2.81 bits per heavy atom. The highest BCUT2D eigenvalue weighted by molar-refractivity contribution is 5.98. The first-order chi connectivity index (χ1) is 12.2. The molecule has 146 valence electrons. The highest BCUT2D eigenvalue weighted by Crippen LogP contribution is 2.27. The monoisotopic (exact) mass is 363 g/mol. The van der Waals surface area contributed by atoms with Gasteiger partial charge in [0, 0.05) is 13.1 Å². The minimum Gasteiger partial charge on any atom is -0.480 e. The SMILES string of the molecule is COc1nc(N2CCOC[C@H]2C)cc(C)c1C(=O)NCCCC(C)(C)C. The summed E-state index contributed by atoms with van der Waals surface area (Å²) in [7, 11) is 1.56. The number of amides is 1. The van der Waals surface area contributed by atoms with Gasteiger partial charge in [-0.05, 0) is 43.7 Å². The highest BCUT2D eigenvalue weighted by atomic mass is 16.5. The van der Waals surface area contributed by atoms with Crippen molar-refractivity contribution in [3.63, 3.8) is 0 Å². The van der Waals surface area contributed by atoms with Crippen LogP contribution in [0.3, 0.4) is 0 Å². The lowest BCUT2D eigenvalue weighted by molar-refractivity contribution is 0.0945. The molecule has 1 aromatic heterocycles. The Bertz CT molecular complexity index is 625. The maximum atomic E-state index is 12.7. The summed E-state index contributed by atoms with van der Waals surface area (Å²) in [6.07, 6.45) is 2.02. The van der Waals surface area contributed by atoms with Crippen LogP contribution in [-0.2, 0) is 4.74 Å². The first kappa shape index (κ1) is 20.5. The van der Waals surface area contributed by atoms with Crippen LogP contribution in [0.25, 0.3) is 0 Å². The van der Waals surface area contributed by atoms with Crippen molar-refractivity contribution in [1.82, 2.24) is 10.3 Å². The van der Waals surface area contributed by atoms with Gasteiger partial charge in [-0.15, -0.1) is 0 Å². The minimum absolute atomic E-state index is 0.123. The molecule has 1 aliphatic rings. The number of hydrogen-bond donors (Lipinski definition) is 1. The maximum Gasteiger partial charge on any atom is 0.257 e. The van der Waals surface area contributed by atoms with Gasteiger partial charge in [0.05, 0.1) is 26.4 Å². The number of rotatable bonds is 6. The Labute approximate surface area is 157 Å². The zero-order valence-electron chi connectivity index (χ0n) is 17.0. The number of nitrogens with zero attached hydrogens (tertiary/aromatic N) is 2. The Morgan fingerprint density at radius 2 is 2.19 bits per heavy atom. The molecule has 2 heterocycles. The Hall–Kier alpha value is -1.82. The number of hydrogen-bond acceptors (Lipinski definition) is 5. The fourth-order valence-electron chi connectivity index (χ4n) is 3.17. The van der Waals surface area contributed by atoms with Gasteiger partial charge in [0.25, 0.3) is 5.91 Å². The zero-order valence-corrected chi connectivity index (χ0v) is 17.0. The van der Waals surface area contributed by atoms with Crippen LogP contribution in [0.2, 0.25) is 0 Å². The summed E-state index contributed by atoms with van der Waals surface area (Å²) in [6.45, 7) is 13.5. The first-order valence-corrected chi connectivity index (χ1v) is 9.41. The van der Waals surface area contributed by atoms with E-state index in [1.54, 1.807) is 7.11 Å². The summed E-state index contributed by atoms with van der Waals surface area (Å²) in [4.78, 5) is 19.5. The van der Waals surface area contributed by atoms with Crippen molar-refractivity contribution >= 4 is 11.7 Å². The second kappa shape index (κ2) is 8.71. The van der Waals surface area contributed by atoms with Crippen molar-refractivity contribution in [3.05, 3.63) is 17.2 Å². The lowest BCUT2D eigenvalue weighted by atomic mass is 9.91. The van der Waals surface area contributed by atoms with E-state index < -0.39 is 0 Å². The minimum atomic E-state index is -0.123. The topological polar surface area (TPSA) is 63.7 Å². The van der Waals surface area contributed by atoms with Crippen molar-refractivity contribution < 1.29 is 14.3 Å². The predicted octanol–water partition coefficient (Wildman–Crippen LogP) is 3.18. The van der Waals surface area contributed by atoms with Crippen LogP contribution in [0.5, 0.6) is 5.88 Å². The third kappa shape index (κ3) is 5.34. The van der Waals surface area contributed by atoms with E-state index in [4.69, 9.17) is 9.47 Å². The Kier molecular flexibility index (Phi) is 6.87. The van der Waals surface area contributed by atoms with Crippen molar-refractivity contribution in [2.75, 3.05) is 38.3 Å². The number of methoxy groups -OCH3 is 1. The molecule has 1 aliphatic heterocycles. The van der Waals surface area contributed by atoms with E-state index in [1.807, 2.05) is 13.0 Å². The number of carbonyl (C=O) groups is 1. The summed E-state index contributed by atoms with van der Waals surface area (Å²) in [6, 6.07) is 2.21. The smallest absolute Gasteiger partial charge is 0.257 e. The van der Waals surface area contributed by atoms with E-state index in [1.165, 1.54) is 0 Å². The van der Waals surface area contributed by atoms with Gasteiger partial charge in [-0.3, -0.25) is 4.79 Å². The molecule has 0 unspecified atom stereocenters. The van der Waals surface area contributed by atoms with Gasteiger partial charge in [-0.1, -0.05) is 20.8 Å². The van der Waals surface area contributed by atoms with Crippen molar-refractivity contribution in [2.24, 2.45) is 5.41 Å². The number of nitrogens with one attached hydrogen (secondary N) is 1. The maximum absolute atomic E-state index is 12.7. The average molecular weight is 364 g/mol. The first-order valence-electron chi connectivity index (χ1n) is 9.41. The predicted molar refractivity (Wildman–Crippen MR) is 104 cm³/mol. The molecule has 1 fully saturated rings. The third-order valence-electron chi connectivity index (χ3n) is 4.64. The van der Waals surface area contributed by atoms with Crippen LogP contribution in [0.1, 0.15) is 56.5 Å². The van der Waals surface area contributed by atoms with Crippen LogP contribution < -0.4 is 15.0 Å². The van der Waals surface area contributed by atoms with Gasteiger partial charge in [0.2, 0.25) is 5.88 Å². The lowest BCUT2D eigenvalue weighted by Crippen LogP contribution is -2.44. The van der Waals surface area contributed by atoms with E-state index in [0.717, 1.165) is 30.8 Å². The molecule has 1 amide bonds. The van der Waals surface area contributed by atoms with Crippen LogP contribution in [-0.4, -0.2) is 50.3 Å². The van der Waals surface area contributed by atoms with E-state index in [9.17, 15) is 4.79 Å². The quantitative estimate of drug-likeness (QED) is 0.787. The van der Waals surface area contributed by atoms with Crippen molar-refractivity contribution in [1.29, 1.82) is 0 Å². The van der Waals surface area contributed by atoms with Crippen LogP contribution in [0.15, 0.2) is 6.07 Å². The van der Waals surface area contributed by atoms with Gasteiger partial charge in [0.1, 0.15) is 11.4 Å². The molecule has 6 heteroatoms. The standard InChI is InChI=1S/C20H33N3O3/c1-14-12-16(23-10-11-26-13-15(23)2)22-19(25-6)17(14)18(24)21-9-7-8-20(3,4)5/h12,15H,7-11,13H2,1-6H3,(H,21,24)/t15-/m1/s1. The zero-order chi connectivity index (χ0) is 19.3. The molecule has 2 rings (SSSR count). The summed E-state index contributed by atoms with van der Waals surface area (Å²) in [5.41, 5.74) is 1.67. The number of aryl methyl sites for hydroxylation is 1. The molecule has 26 heavy (non-hydrogen) atoms. The van der Waals surface area contributed by atoms with E-state index in [-0.39, 0.29) is 17.4 Å². The summed E-state index contributed by atoms with van der Waals surface area (Å²) >= 11 is 0. The molecule has 0 bridgehead atoms. The van der Waals surface area contributed by atoms with Gasteiger partial charge in [-0.25, -0.2) is 0 Å². The largest absolute Gasteiger partial charge is 0.480 e. The normalized spacial score (nSPS) is 17.9. The summed E-state index contributed by atoms with van der Waals surface area (Å²) < 4.78 is 10.9. The molecular formula is C20H33N3O3. The molecule has 1 aromatic rings. The average Bonchev–Trinajstić information content (AvgIpc) is 2.57. The fourth-order valence-corrected chi connectivity index (χ4v) is 3.17. The Balaban J connectivity index is 2.12. The summed E-state index contributed by atoms with van der Waals surface area (Å²) in [5.74, 6) is 1.09. The molecule has 0 saturated carbocycles. The molecule has 0 aromatic carbocycles. The van der Waals surface area contributed by atoms with Crippen LogP contribution in [0, 0.1) is 12.3 Å². The molecule has 0 spiro atoms. The second-order valence-corrected chi connectivity index (χ2v) is 8.22. The molecule has 1 atom stereocenters. The van der Waals surface area contributed by atoms with Crippen molar-refractivity contribution in [2.45, 2.75) is 53.5 Å². The third-order valence-corrected chi connectivity index (χ3v) is 4.64. The van der Waals surface area contributed by atoms with E-state index in [2.05, 4.69) is 42.9 Å². The van der Waals surface area contributed by atoms with Gasteiger partial charge < -0.3 is 19.7 Å². The van der Waals surface area contributed by atoms with Gasteiger partial charge in [-0.2, -0.15) is 4.98 Å². The molecule has 0 radical (unpaired) electrons. The van der Waals surface area contributed by atoms with E-state index in [0.29, 0.717) is 31.2 Å². The number of pyridine rings is 1. The van der Waals surface area contributed by atoms with Gasteiger partial charge in [0.15, 0.2) is 0 Å². The van der Waals surface area contributed by atoms with Gasteiger partial charge >= 0.3 is 0 Å². The molecular weight excluding hydrogens is 330 g/mol. The molecule has 1 saturated heterocycles. The van der Waals surface area contributed by atoms with Crippen molar-refractivity contribution in [3.8, 4) is 5.88 Å². The summed E-state index contributed by atoms with van der Waals surface area (Å²) in [5, 5.41) is 3.00. The number of carbonyl (C=O) groups excluding carboxylic acids is 1. The number of anilines is 1. The number of ether oxygens (including phenoxy) is 2. The number of aromatic nitrogens is 1. The van der Waals surface area contributed by atoms with Crippen LogP contribution in [0.4, 0.5) is 5.82 Å². The number of morpholine rings is 1. The Morgan fingerprint density at radius 1 is 1.46 bits per heavy atom. The molecule has 1 N–H and O–H groups in total. The molecule has 6 nitrogen and oxygen atoms in total. The fraction of sp³-hybridized carbons (Fsp3) is 0.700. The lowest BCUT2D eigenvalue weighted by Gasteiger charge is -2.34. The second-order valence-electron chi connectivity index (χ2n) is 8.22. The van der Waals surface area contributed by atoms with Crippen LogP contribution >= 0.6 is 0 Å². The van der Waals surface area contributed by atoms with E-state index >= 15 is 0 Å². The highest BCUT2D eigenvalue weighted by Gasteiger charge is 2.24.